The molecule has 18 heavy (non-hydrogen) atoms. The Labute approximate surface area is 111 Å². The van der Waals surface area contributed by atoms with Gasteiger partial charge >= 0.3 is 0 Å². The first-order valence-electron chi connectivity index (χ1n) is 5.72. The minimum absolute atomic E-state index is 0.0379. The van der Waals surface area contributed by atoms with Crippen LogP contribution in [0.4, 0.5) is 11.4 Å². The Morgan fingerprint density at radius 1 is 1.44 bits per heavy atom. The number of carbonyl (C=O) groups is 2. The summed E-state index contributed by atoms with van der Waals surface area (Å²) in [6, 6.07) is 7.25. The number of anilines is 2. The summed E-state index contributed by atoms with van der Waals surface area (Å²) in [5.74, 6) is -0.112. The van der Waals surface area contributed by atoms with Gasteiger partial charge in [-0.2, -0.15) is 0 Å². The van der Waals surface area contributed by atoms with Gasteiger partial charge in [0.1, 0.15) is 6.54 Å². The number of para-hydroxylation sites is 2. The first-order valence-corrected chi connectivity index (χ1v) is 6.26. The van der Waals surface area contributed by atoms with Gasteiger partial charge in [-0.25, -0.2) is 0 Å². The predicted molar refractivity (Wildman–Crippen MR) is 71.9 cm³/mol. The monoisotopic (exact) mass is 266 g/mol. The number of nitrogens with zero attached hydrogens (tertiary/aromatic N) is 1. The second-order valence-corrected chi connectivity index (χ2v) is 5.24. The minimum atomic E-state index is -0.688. The molecule has 0 fully saturated rings. The molecule has 0 bridgehead atoms. The molecule has 1 aromatic rings. The molecule has 1 aliphatic rings. The molecule has 96 valence electrons. The molecular formula is C13H15ClN2O2. The highest BCUT2D eigenvalue weighted by molar-refractivity contribution is 6.21. The number of carbonyl (C=O) groups excluding carboxylic acids is 2. The standard InChI is InChI=1S/C13H15ClN2O2/c1-13(2,8-14)12(18)16-7-11(17)15-9-5-3-4-6-10(9)16/h3-6H,7-8H2,1-2H3,(H,15,17). The number of fused-ring (bicyclic) bond motifs is 1. The van der Waals surface area contributed by atoms with Crippen molar-refractivity contribution >= 4 is 34.8 Å². The molecule has 0 spiro atoms. The second kappa shape index (κ2) is 4.61. The zero-order valence-electron chi connectivity index (χ0n) is 10.4. The van der Waals surface area contributed by atoms with E-state index in [0.717, 1.165) is 5.69 Å². The van der Waals surface area contributed by atoms with Gasteiger partial charge in [0.15, 0.2) is 0 Å². The van der Waals surface area contributed by atoms with Crippen molar-refractivity contribution in [1.29, 1.82) is 0 Å². The van der Waals surface area contributed by atoms with Crippen LogP contribution in [0.3, 0.4) is 0 Å². The lowest BCUT2D eigenvalue weighted by molar-refractivity contribution is -0.127. The number of amides is 2. The van der Waals surface area contributed by atoms with Crippen molar-refractivity contribution < 1.29 is 9.59 Å². The Morgan fingerprint density at radius 2 is 2.11 bits per heavy atom. The lowest BCUT2D eigenvalue weighted by Crippen LogP contribution is -2.48. The van der Waals surface area contributed by atoms with Crippen molar-refractivity contribution in [2.24, 2.45) is 5.41 Å². The van der Waals surface area contributed by atoms with E-state index in [1.165, 1.54) is 4.90 Å². The largest absolute Gasteiger partial charge is 0.323 e. The Balaban J connectivity index is 2.41. The first kappa shape index (κ1) is 12.9. The molecule has 0 atom stereocenters. The van der Waals surface area contributed by atoms with Gasteiger partial charge in [-0.15, -0.1) is 11.6 Å². The average Bonchev–Trinajstić information content (AvgIpc) is 2.36. The van der Waals surface area contributed by atoms with Crippen molar-refractivity contribution in [2.45, 2.75) is 13.8 Å². The summed E-state index contributed by atoms with van der Waals surface area (Å²) < 4.78 is 0. The van der Waals surface area contributed by atoms with Gasteiger partial charge in [0.2, 0.25) is 11.8 Å². The molecule has 0 radical (unpaired) electrons. The normalized spacial score (nSPS) is 15.1. The molecule has 0 saturated heterocycles. The summed E-state index contributed by atoms with van der Waals surface area (Å²) in [5, 5.41) is 2.75. The SMILES string of the molecule is CC(C)(CCl)C(=O)N1CC(=O)Nc2ccccc21. The van der Waals surface area contributed by atoms with E-state index in [0.29, 0.717) is 5.69 Å². The number of halogens is 1. The third-order valence-electron chi connectivity index (χ3n) is 2.93. The van der Waals surface area contributed by atoms with E-state index in [1.54, 1.807) is 19.9 Å². The van der Waals surface area contributed by atoms with Gasteiger partial charge in [0, 0.05) is 5.88 Å². The van der Waals surface area contributed by atoms with E-state index in [9.17, 15) is 9.59 Å². The lowest BCUT2D eigenvalue weighted by atomic mass is 9.93. The zero-order valence-corrected chi connectivity index (χ0v) is 11.1. The number of hydrogen-bond acceptors (Lipinski definition) is 2. The zero-order chi connectivity index (χ0) is 13.3. The first-order chi connectivity index (χ1) is 8.45. The molecule has 0 aromatic heterocycles. The number of hydrogen-bond donors (Lipinski definition) is 1. The predicted octanol–water partition coefficient (Wildman–Crippen LogP) is 2.24. The second-order valence-electron chi connectivity index (χ2n) is 4.97. The van der Waals surface area contributed by atoms with Gasteiger partial charge < -0.3 is 10.2 Å². The average molecular weight is 267 g/mol. The Kier molecular flexibility index (Phi) is 3.30. The van der Waals surface area contributed by atoms with Crippen molar-refractivity contribution in [3.05, 3.63) is 24.3 Å². The van der Waals surface area contributed by atoms with E-state index < -0.39 is 5.41 Å². The molecule has 0 aliphatic carbocycles. The third kappa shape index (κ3) is 2.20. The molecule has 1 aromatic carbocycles. The number of alkyl halides is 1. The third-order valence-corrected chi connectivity index (χ3v) is 3.60. The topological polar surface area (TPSA) is 49.4 Å². The summed E-state index contributed by atoms with van der Waals surface area (Å²) in [5.41, 5.74) is 0.694. The number of nitrogens with one attached hydrogen (secondary N) is 1. The highest BCUT2D eigenvalue weighted by atomic mass is 35.5. The fourth-order valence-electron chi connectivity index (χ4n) is 1.84. The molecule has 0 unspecified atom stereocenters. The quantitative estimate of drug-likeness (QED) is 0.835. The van der Waals surface area contributed by atoms with E-state index in [4.69, 9.17) is 11.6 Å². The molecule has 5 heteroatoms. The maximum absolute atomic E-state index is 12.4. The van der Waals surface area contributed by atoms with Crippen LogP contribution in [-0.2, 0) is 9.59 Å². The van der Waals surface area contributed by atoms with Crippen LogP contribution in [0.15, 0.2) is 24.3 Å². The van der Waals surface area contributed by atoms with Crippen molar-refractivity contribution in [1.82, 2.24) is 0 Å². The molecule has 2 rings (SSSR count). The summed E-state index contributed by atoms with van der Waals surface area (Å²) in [6.07, 6.45) is 0. The van der Waals surface area contributed by atoms with Crippen LogP contribution in [0.5, 0.6) is 0 Å². The smallest absolute Gasteiger partial charge is 0.244 e. The molecule has 1 heterocycles. The molecular weight excluding hydrogens is 252 g/mol. The summed E-state index contributed by atoms with van der Waals surface area (Å²) in [4.78, 5) is 25.5. The fraction of sp³-hybridized carbons (Fsp3) is 0.385. The molecule has 0 saturated carbocycles. The lowest BCUT2D eigenvalue weighted by Gasteiger charge is -2.34. The number of rotatable bonds is 2. The highest BCUT2D eigenvalue weighted by Gasteiger charge is 2.35. The van der Waals surface area contributed by atoms with Crippen LogP contribution in [0.1, 0.15) is 13.8 Å². The number of benzene rings is 1. The van der Waals surface area contributed by atoms with Crippen LogP contribution < -0.4 is 10.2 Å². The Hall–Kier alpha value is -1.55. The van der Waals surface area contributed by atoms with E-state index in [1.807, 2.05) is 18.2 Å². The van der Waals surface area contributed by atoms with Gasteiger partial charge in [0.05, 0.1) is 16.8 Å². The van der Waals surface area contributed by atoms with Crippen LogP contribution in [0.2, 0.25) is 0 Å². The highest BCUT2D eigenvalue weighted by Crippen LogP contribution is 2.32. The van der Waals surface area contributed by atoms with E-state index in [2.05, 4.69) is 5.32 Å². The van der Waals surface area contributed by atoms with E-state index >= 15 is 0 Å². The fourth-order valence-corrected chi connectivity index (χ4v) is 1.95. The molecule has 1 N–H and O–H groups in total. The van der Waals surface area contributed by atoms with Gasteiger partial charge in [-0.05, 0) is 26.0 Å². The molecule has 2 amide bonds. The van der Waals surface area contributed by atoms with Gasteiger partial charge in [-0.1, -0.05) is 12.1 Å². The Bertz CT molecular complexity index is 500. The van der Waals surface area contributed by atoms with Crippen molar-refractivity contribution in [3.8, 4) is 0 Å². The molecule has 1 aliphatic heterocycles. The van der Waals surface area contributed by atoms with Crippen molar-refractivity contribution in [3.63, 3.8) is 0 Å². The van der Waals surface area contributed by atoms with Gasteiger partial charge in [0.25, 0.3) is 0 Å². The summed E-state index contributed by atoms with van der Waals surface area (Å²) >= 11 is 5.82. The Morgan fingerprint density at radius 3 is 2.78 bits per heavy atom. The summed E-state index contributed by atoms with van der Waals surface area (Å²) in [6.45, 7) is 3.59. The maximum Gasteiger partial charge on any atom is 0.244 e. The van der Waals surface area contributed by atoms with Crippen molar-refractivity contribution in [2.75, 3.05) is 22.6 Å². The van der Waals surface area contributed by atoms with E-state index in [-0.39, 0.29) is 24.2 Å². The van der Waals surface area contributed by atoms with Crippen LogP contribution in [0, 0.1) is 5.41 Å². The van der Waals surface area contributed by atoms with Crippen LogP contribution in [0.25, 0.3) is 0 Å². The molecule has 4 nitrogen and oxygen atoms in total. The maximum atomic E-state index is 12.4. The van der Waals surface area contributed by atoms with Crippen LogP contribution >= 0.6 is 11.6 Å². The summed E-state index contributed by atoms with van der Waals surface area (Å²) in [7, 11) is 0. The van der Waals surface area contributed by atoms with Gasteiger partial charge in [-0.3, -0.25) is 9.59 Å². The minimum Gasteiger partial charge on any atom is -0.323 e. The van der Waals surface area contributed by atoms with Crippen LogP contribution in [-0.4, -0.2) is 24.2 Å².